The van der Waals surface area contributed by atoms with Gasteiger partial charge in [0.1, 0.15) is 0 Å². The van der Waals surface area contributed by atoms with Gasteiger partial charge in [0.15, 0.2) is 0 Å². The highest BCUT2D eigenvalue weighted by Crippen LogP contribution is 2.70. The van der Waals surface area contributed by atoms with Crippen LogP contribution in [0.2, 0.25) is 0 Å². The lowest BCUT2D eigenvalue weighted by atomic mass is 9.72. The summed E-state index contributed by atoms with van der Waals surface area (Å²) in [7, 11) is 0.180. The third-order valence-electron chi connectivity index (χ3n) is 5.10. The van der Waals surface area contributed by atoms with Crippen molar-refractivity contribution < 1.29 is 0 Å². The van der Waals surface area contributed by atoms with Gasteiger partial charge in [0, 0.05) is 0 Å². The zero-order valence-corrected chi connectivity index (χ0v) is 12.1. The fraction of sp³-hybridized carbons (Fsp3) is 1.00. The molecule has 0 aromatic heterocycles. The van der Waals surface area contributed by atoms with E-state index in [1.807, 2.05) is 0 Å². The summed E-state index contributed by atoms with van der Waals surface area (Å²) in [4.78, 5) is 0. The molecule has 0 amide bonds. The van der Waals surface area contributed by atoms with Crippen molar-refractivity contribution in [1.29, 1.82) is 0 Å². The van der Waals surface area contributed by atoms with Crippen LogP contribution in [0.5, 0.6) is 0 Å². The highest BCUT2D eigenvalue weighted by atomic mass is 31.1. The smallest absolute Gasteiger partial charge is 0.0143 e. The molecule has 1 heterocycles. The van der Waals surface area contributed by atoms with Gasteiger partial charge < -0.3 is 0 Å². The van der Waals surface area contributed by atoms with Crippen molar-refractivity contribution >= 4 is 7.92 Å². The highest BCUT2D eigenvalue weighted by molar-refractivity contribution is 7.60. The molecule has 1 aliphatic heterocycles. The van der Waals surface area contributed by atoms with Gasteiger partial charge in [0.2, 0.25) is 0 Å². The van der Waals surface area contributed by atoms with Crippen molar-refractivity contribution in [3.05, 3.63) is 0 Å². The minimum Gasteiger partial charge on any atom is -0.0982 e. The van der Waals surface area contributed by atoms with Crippen molar-refractivity contribution in [2.24, 2.45) is 5.41 Å². The molecule has 0 atom stereocenters. The maximum absolute atomic E-state index is 2.54. The average molecular weight is 226 g/mol. The predicted octanol–water partition coefficient (Wildman–Crippen LogP) is 5.01. The van der Waals surface area contributed by atoms with Gasteiger partial charge in [-0.2, -0.15) is 0 Å². The van der Waals surface area contributed by atoms with Crippen molar-refractivity contribution in [2.75, 3.05) is 6.66 Å². The summed E-state index contributed by atoms with van der Waals surface area (Å²) in [6, 6.07) is 0. The SMILES string of the molecule is CP1C(C)(C)CC2(CCCC2)CC1(C)C. The molecule has 2 rings (SSSR count). The molecule has 0 aromatic rings. The van der Waals surface area contributed by atoms with Gasteiger partial charge in [-0.25, -0.2) is 0 Å². The molecule has 88 valence electrons. The largest absolute Gasteiger partial charge is 0.0982 e. The first-order valence-electron chi connectivity index (χ1n) is 6.52. The lowest BCUT2D eigenvalue weighted by Gasteiger charge is -2.56. The zero-order chi connectivity index (χ0) is 11.3. The van der Waals surface area contributed by atoms with Crippen LogP contribution in [0.1, 0.15) is 66.2 Å². The van der Waals surface area contributed by atoms with Crippen LogP contribution in [0.15, 0.2) is 0 Å². The fourth-order valence-electron chi connectivity index (χ4n) is 4.43. The average Bonchev–Trinajstić information content (AvgIpc) is 2.47. The quantitative estimate of drug-likeness (QED) is 0.509. The third-order valence-corrected chi connectivity index (χ3v) is 9.04. The molecule has 2 fully saturated rings. The molecule has 1 aliphatic carbocycles. The molecule has 1 heteroatoms. The van der Waals surface area contributed by atoms with Gasteiger partial charge in [-0.15, -0.1) is 0 Å². The van der Waals surface area contributed by atoms with Crippen LogP contribution in [0, 0.1) is 5.41 Å². The van der Waals surface area contributed by atoms with E-state index in [9.17, 15) is 0 Å². The summed E-state index contributed by atoms with van der Waals surface area (Å²) in [6.45, 7) is 12.6. The van der Waals surface area contributed by atoms with Crippen LogP contribution in [0.4, 0.5) is 0 Å². The minimum absolute atomic E-state index is 0.180. The molecule has 1 spiro atoms. The fourth-order valence-corrected chi connectivity index (χ4v) is 7.22. The maximum atomic E-state index is 2.54. The molecule has 0 aromatic carbocycles. The second-order valence-corrected chi connectivity index (χ2v) is 10.8. The molecule has 1 saturated heterocycles. The number of hydrogen-bond donors (Lipinski definition) is 0. The van der Waals surface area contributed by atoms with Gasteiger partial charge in [-0.1, -0.05) is 48.5 Å². The Balaban J connectivity index is 2.27. The molecule has 0 nitrogen and oxygen atoms in total. The Morgan fingerprint density at radius 3 is 1.60 bits per heavy atom. The Morgan fingerprint density at radius 1 is 0.800 bits per heavy atom. The Morgan fingerprint density at radius 2 is 1.20 bits per heavy atom. The van der Waals surface area contributed by atoms with E-state index in [1.54, 1.807) is 0 Å². The maximum Gasteiger partial charge on any atom is -0.0143 e. The molecular formula is C14H27P. The summed E-state index contributed by atoms with van der Waals surface area (Å²) < 4.78 is 0. The van der Waals surface area contributed by atoms with E-state index in [0.29, 0.717) is 10.3 Å². The summed E-state index contributed by atoms with van der Waals surface area (Å²) >= 11 is 0. The Labute approximate surface area is 97.0 Å². The van der Waals surface area contributed by atoms with E-state index in [0.717, 1.165) is 5.41 Å². The third kappa shape index (κ3) is 1.99. The van der Waals surface area contributed by atoms with Gasteiger partial charge in [0.25, 0.3) is 0 Å². The van der Waals surface area contributed by atoms with E-state index >= 15 is 0 Å². The number of rotatable bonds is 0. The van der Waals surface area contributed by atoms with Crippen LogP contribution in [0.25, 0.3) is 0 Å². The van der Waals surface area contributed by atoms with Gasteiger partial charge >= 0.3 is 0 Å². The molecule has 0 radical (unpaired) electrons. The molecule has 0 bridgehead atoms. The monoisotopic (exact) mass is 226 g/mol. The first kappa shape index (κ1) is 11.9. The summed E-state index contributed by atoms with van der Waals surface area (Å²) in [6.07, 6.45) is 9.03. The molecule has 0 unspecified atom stereocenters. The van der Waals surface area contributed by atoms with Crippen molar-refractivity contribution in [3.63, 3.8) is 0 Å². The van der Waals surface area contributed by atoms with Crippen molar-refractivity contribution in [3.8, 4) is 0 Å². The molecule has 15 heavy (non-hydrogen) atoms. The molecular weight excluding hydrogens is 199 g/mol. The Bertz CT molecular complexity index is 226. The first-order chi connectivity index (χ1) is 6.78. The molecule has 1 saturated carbocycles. The van der Waals surface area contributed by atoms with Gasteiger partial charge in [-0.3, -0.25) is 0 Å². The van der Waals surface area contributed by atoms with E-state index in [4.69, 9.17) is 0 Å². The second-order valence-electron chi connectivity index (χ2n) is 7.24. The van der Waals surface area contributed by atoms with Crippen LogP contribution in [-0.2, 0) is 0 Å². The second kappa shape index (κ2) is 3.46. The van der Waals surface area contributed by atoms with E-state index in [1.165, 1.54) is 38.5 Å². The van der Waals surface area contributed by atoms with Crippen LogP contribution in [-0.4, -0.2) is 17.0 Å². The first-order valence-corrected chi connectivity index (χ1v) is 8.30. The zero-order valence-electron chi connectivity index (χ0n) is 11.2. The van der Waals surface area contributed by atoms with Crippen molar-refractivity contribution in [1.82, 2.24) is 0 Å². The van der Waals surface area contributed by atoms with Crippen molar-refractivity contribution in [2.45, 2.75) is 76.5 Å². The summed E-state index contributed by atoms with van der Waals surface area (Å²) in [5.41, 5.74) is 0.738. The summed E-state index contributed by atoms with van der Waals surface area (Å²) in [5, 5.41) is 1.23. The summed E-state index contributed by atoms with van der Waals surface area (Å²) in [5.74, 6) is 0. The van der Waals surface area contributed by atoms with Crippen LogP contribution in [0.3, 0.4) is 0 Å². The topological polar surface area (TPSA) is 0 Å². The molecule has 2 aliphatic rings. The predicted molar refractivity (Wildman–Crippen MR) is 71.1 cm³/mol. The standard InChI is InChI=1S/C14H27P/c1-12(2)10-14(8-6-7-9-14)11-13(3,4)15(12)5/h6-11H2,1-5H3. The normalized spacial score (nSPS) is 33.4. The number of hydrogen-bond acceptors (Lipinski definition) is 0. The Hall–Kier alpha value is 0.430. The van der Waals surface area contributed by atoms with Crippen LogP contribution < -0.4 is 0 Å². The lowest BCUT2D eigenvalue weighted by Crippen LogP contribution is -2.44. The lowest BCUT2D eigenvalue weighted by molar-refractivity contribution is 0.185. The van der Waals surface area contributed by atoms with Gasteiger partial charge in [-0.05, 0) is 48.1 Å². The van der Waals surface area contributed by atoms with E-state index in [-0.39, 0.29) is 7.92 Å². The highest BCUT2D eigenvalue weighted by Gasteiger charge is 2.51. The van der Waals surface area contributed by atoms with Gasteiger partial charge in [0.05, 0.1) is 0 Å². The van der Waals surface area contributed by atoms with Crippen LogP contribution >= 0.6 is 7.92 Å². The Kier molecular flexibility index (Phi) is 2.74. The molecule has 0 N–H and O–H groups in total. The van der Waals surface area contributed by atoms with E-state index < -0.39 is 0 Å². The van der Waals surface area contributed by atoms with E-state index in [2.05, 4.69) is 34.4 Å². The minimum atomic E-state index is 0.180.